The third-order valence-corrected chi connectivity index (χ3v) is 5.35. The highest BCUT2D eigenvalue weighted by Gasteiger charge is 2.37. The second-order valence-corrected chi connectivity index (χ2v) is 7.97. The number of amides is 4. The Bertz CT molecular complexity index is 735. The molecule has 1 atom stereocenters. The first-order valence-electron chi connectivity index (χ1n) is 8.79. The van der Waals surface area contributed by atoms with Gasteiger partial charge >= 0.3 is 6.03 Å². The normalized spacial score (nSPS) is 19.3. The average molecular weight is 423 g/mol. The highest BCUT2D eigenvalue weighted by molar-refractivity contribution is 9.10. The van der Waals surface area contributed by atoms with Gasteiger partial charge in [0.25, 0.3) is 0 Å². The fourth-order valence-electron chi connectivity index (χ4n) is 3.32. The SMILES string of the molecule is Cc1cc(Br)ccc1N(NC(=O)C[C@@H]1CCN(C(=O)C2CC2)C1)C(N)=O. The summed E-state index contributed by atoms with van der Waals surface area (Å²) in [6.07, 6.45) is 3.04. The molecule has 1 saturated carbocycles. The number of primary amides is 1. The number of aryl methyl sites for hydroxylation is 1. The monoisotopic (exact) mass is 422 g/mol. The lowest BCUT2D eigenvalue weighted by Crippen LogP contribution is -2.50. The van der Waals surface area contributed by atoms with E-state index in [0.29, 0.717) is 18.8 Å². The van der Waals surface area contributed by atoms with Gasteiger partial charge in [0.1, 0.15) is 0 Å². The lowest BCUT2D eigenvalue weighted by molar-refractivity contribution is -0.132. The predicted octanol–water partition coefficient (Wildman–Crippen LogP) is 2.32. The summed E-state index contributed by atoms with van der Waals surface area (Å²) in [4.78, 5) is 38.2. The van der Waals surface area contributed by atoms with Gasteiger partial charge in [-0.2, -0.15) is 0 Å². The topological polar surface area (TPSA) is 95.7 Å². The van der Waals surface area contributed by atoms with Gasteiger partial charge in [-0.25, -0.2) is 9.80 Å². The third-order valence-electron chi connectivity index (χ3n) is 4.85. The van der Waals surface area contributed by atoms with Crippen LogP contribution in [0.1, 0.15) is 31.2 Å². The van der Waals surface area contributed by atoms with E-state index < -0.39 is 6.03 Å². The number of hydrogen-bond acceptors (Lipinski definition) is 3. The van der Waals surface area contributed by atoms with E-state index in [1.54, 1.807) is 12.1 Å². The molecule has 0 bridgehead atoms. The van der Waals surface area contributed by atoms with Crippen molar-refractivity contribution < 1.29 is 14.4 Å². The van der Waals surface area contributed by atoms with Gasteiger partial charge in [-0.05, 0) is 55.9 Å². The minimum absolute atomic E-state index is 0.110. The quantitative estimate of drug-likeness (QED) is 0.728. The Hall–Kier alpha value is -2.09. The van der Waals surface area contributed by atoms with E-state index in [0.717, 1.165) is 34.3 Å². The van der Waals surface area contributed by atoms with Crippen LogP contribution >= 0.6 is 15.9 Å². The van der Waals surface area contributed by atoms with Crippen molar-refractivity contribution >= 4 is 39.5 Å². The minimum atomic E-state index is -0.749. The number of urea groups is 1. The summed E-state index contributed by atoms with van der Waals surface area (Å²) in [6, 6.07) is 4.59. The van der Waals surface area contributed by atoms with Crippen LogP contribution in [0.3, 0.4) is 0 Å². The largest absolute Gasteiger partial charge is 0.350 e. The maximum Gasteiger partial charge on any atom is 0.338 e. The van der Waals surface area contributed by atoms with Crippen molar-refractivity contribution in [3.05, 3.63) is 28.2 Å². The summed E-state index contributed by atoms with van der Waals surface area (Å²) in [6.45, 7) is 3.15. The number of nitrogens with zero attached hydrogens (tertiary/aromatic N) is 2. The number of carbonyl (C=O) groups excluding carboxylic acids is 3. The van der Waals surface area contributed by atoms with Crippen molar-refractivity contribution in [2.75, 3.05) is 18.1 Å². The average Bonchev–Trinajstić information content (AvgIpc) is 3.32. The molecule has 0 unspecified atom stereocenters. The Morgan fingerprint density at radius 1 is 1.31 bits per heavy atom. The van der Waals surface area contributed by atoms with Crippen LogP contribution in [-0.4, -0.2) is 35.8 Å². The van der Waals surface area contributed by atoms with Crippen LogP contribution in [0.15, 0.2) is 22.7 Å². The number of hydrogen-bond donors (Lipinski definition) is 2. The Kier molecular flexibility index (Phi) is 5.50. The molecule has 4 amide bonds. The van der Waals surface area contributed by atoms with E-state index in [9.17, 15) is 14.4 Å². The van der Waals surface area contributed by atoms with Crippen molar-refractivity contribution in [3.63, 3.8) is 0 Å². The van der Waals surface area contributed by atoms with E-state index >= 15 is 0 Å². The molecule has 0 spiro atoms. The number of likely N-dealkylation sites (tertiary alicyclic amines) is 1. The molecule has 8 heteroatoms. The van der Waals surface area contributed by atoms with E-state index in [-0.39, 0.29) is 30.1 Å². The zero-order valence-electron chi connectivity index (χ0n) is 14.7. The van der Waals surface area contributed by atoms with E-state index in [4.69, 9.17) is 5.73 Å². The summed E-state index contributed by atoms with van der Waals surface area (Å²) in [5.74, 6) is 0.251. The Balaban J connectivity index is 1.58. The molecule has 0 radical (unpaired) electrons. The van der Waals surface area contributed by atoms with Crippen LogP contribution in [0, 0.1) is 18.8 Å². The van der Waals surface area contributed by atoms with E-state index in [1.807, 2.05) is 17.9 Å². The number of nitrogens with one attached hydrogen (secondary N) is 1. The molecule has 2 fully saturated rings. The van der Waals surface area contributed by atoms with Gasteiger partial charge < -0.3 is 10.6 Å². The smallest absolute Gasteiger partial charge is 0.338 e. The molecule has 0 aromatic heterocycles. The number of hydrazine groups is 1. The van der Waals surface area contributed by atoms with Gasteiger partial charge in [-0.3, -0.25) is 15.0 Å². The fourth-order valence-corrected chi connectivity index (χ4v) is 3.80. The second kappa shape index (κ2) is 7.65. The number of halogens is 1. The van der Waals surface area contributed by atoms with Gasteiger partial charge in [0.2, 0.25) is 11.8 Å². The molecule has 1 aromatic carbocycles. The summed E-state index contributed by atoms with van der Waals surface area (Å²) in [7, 11) is 0. The molecular formula is C18H23BrN4O3. The van der Waals surface area contributed by atoms with Crippen molar-refractivity contribution in [2.24, 2.45) is 17.6 Å². The Morgan fingerprint density at radius 2 is 2.04 bits per heavy atom. The van der Waals surface area contributed by atoms with Crippen molar-refractivity contribution in [1.29, 1.82) is 0 Å². The van der Waals surface area contributed by atoms with E-state index in [2.05, 4.69) is 21.4 Å². The number of carbonyl (C=O) groups is 3. The number of nitrogens with two attached hydrogens (primary N) is 1. The first kappa shape index (κ1) is 18.7. The van der Waals surface area contributed by atoms with Crippen LogP contribution in [0.25, 0.3) is 0 Å². The van der Waals surface area contributed by atoms with Crippen LogP contribution < -0.4 is 16.2 Å². The van der Waals surface area contributed by atoms with Gasteiger partial charge in [-0.15, -0.1) is 0 Å². The van der Waals surface area contributed by atoms with E-state index in [1.165, 1.54) is 0 Å². The highest BCUT2D eigenvalue weighted by Crippen LogP contribution is 2.33. The molecule has 1 aliphatic heterocycles. The standard InChI is InChI=1S/C18H23BrN4O3/c1-11-8-14(19)4-5-15(11)23(18(20)26)21-16(24)9-12-6-7-22(10-12)17(25)13-2-3-13/h4-5,8,12-13H,2-3,6-7,9-10H2,1H3,(H2,20,26)(H,21,24)/t12-/m0/s1. The zero-order valence-corrected chi connectivity index (χ0v) is 16.3. The van der Waals surface area contributed by atoms with Crippen molar-refractivity contribution in [3.8, 4) is 0 Å². The maximum atomic E-state index is 12.4. The van der Waals surface area contributed by atoms with Crippen LogP contribution in [0.4, 0.5) is 10.5 Å². The lowest BCUT2D eigenvalue weighted by Gasteiger charge is -2.24. The summed E-state index contributed by atoms with van der Waals surface area (Å²) in [5, 5.41) is 1.08. The molecule has 3 N–H and O–H groups in total. The second-order valence-electron chi connectivity index (χ2n) is 7.06. The van der Waals surface area contributed by atoms with Crippen molar-refractivity contribution in [2.45, 2.75) is 32.6 Å². The first-order chi connectivity index (χ1) is 12.3. The highest BCUT2D eigenvalue weighted by atomic mass is 79.9. The van der Waals surface area contributed by atoms with Gasteiger partial charge in [0.15, 0.2) is 0 Å². The predicted molar refractivity (Wildman–Crippen MR) is 101 cm³/mol. The van der Waals surface area contributed by atoms with Crippen LogP contribution in [0.2, 0.25) is 0 Å². The van der Waals surface area contributed by atoms with Gasteiger partial charge in [-0.1, -0.05) is 15.9 Å². The number of benzene rings is 1. The fraction of sp³-hybridized carbons (Fsp3) is 0.500. The Labute approximate surface area is 161 Å². The molecule has 1 heterocycles. The number of rotatable bonds is 4. The molecule has 1 saturated heterocycles. The zero-order chi connectivity index (χ0) is 18.8. The van der Waals surface area contributed by atoms with Crippen molar-refractivity contribution in [1.82, 2.24) is 10.3 Å². The summed E-state index contributed by atoms with van der Waals surface area (Å²) >= 11 is 3.37. The first-order valence-corrected chi connectivity index (χ1v) is 9.58. The molecular weight excluding hydrogens is 400 g/mol. The Morgan fingerprint density at radius 3 is 2.65 bits per heavy atom. The molecule has 1 aliphatic carbocycles. The molecule has 2 aliphatic rings. The van der Waals surface area contributed by atoms with Crippen LogP contribution in [0.5, 0.6) is 0 Å². The minimum Gasteiger partial charge on any atom is -0.350 e. The molecule has 26 heavy (non-hydrogen) atoms. The maximum absolute atomic E-state index is 12.4. The summed E-state index contributed by atoms with van der Waals surface area (Å²) in [5.41, 5.74) is 9.38. The lowest BCUT2D eigenvalue weighted by atomic mass is 10.1. The molecule has 3 rings (SSSR count). The van der Waals surface area contributed by atoms with Crippen LogP contribution in [-0.2, 0) is 9.59 Å². The van der Waals surface area contributed by atoms with Gasteiger partial charge in [0.05, 0.1) is 5.69 Å². The number of anilines is 1. The summed E-state index contributed by atoms with van der Waals surface area (Å²) < 4.78 is 0.876. The molecule has 140 valence electrons. The van der Waals surface area contributed by atoms with Gasteiger partial charge in [0, 0.05) is 29.9 Å². The third kappa shape index (κ3) is 4.35. The molecule has 7 nitrogen and oxygen atoms in total. The molecule has 1 aromatic rings.